The number of hydrogen-bond donors (Lipinski definition) is 1. The maximum atomic E-state index is 11.1. The van der Waals surface area contributed by atoms with Crippen LogP contribution in [0.4, 0.5) is 0 Å². The number of phenolic OH excluding ortho intramolecular Hbond substituents is 1. The molecule has 0 radical (unpaired) electrons. The van der Waals surface area contributed by atoms with Gasteiger partial charge in [-0.05, 0) is 12.1 Å². The molecule has 1 aliphatic heterocycles. The first kappa shape index (κ1) is 13.9. The van der Waals surface area contributed by atoms with Gasteiger partial charge in [0.05, 0.1) is 13.2 Å². The summed E-state index contributed by atoms with van der Waals surface area (Å²) in [6.45, 7) is 4.57. The third kappa shape index (κ3) is 3.34. The highest BCUT2D eigenvalue weighted by Gasteiger charge is 2.11. The van der Waals surface area contributed by atoms with E-state index in [1.165, 1.54) is 12.1 Å². The summed E-state index contributed by atoms with van der Waals surface area (Å²) >= 11 is 0. The molecule has 112 valence electrons. The lowest BCUT2D eigenvalue weighted by molar-refractivity contribution is 0.0321. The summed E-state index contributed by atoms with van der Waals surface area (Å²) in [7, 11) is 0. The summed E-state index contributed by atoms with van der Waals surface area (Å²) in [5.74, 6) is 0.364. The summed E-state index contributed by atoms with van der Waals surface area (Å²) in [4.78, 5) is 13.4. The number of fused-ring (bicyclic) bond motifs is 1. The van der Waals surface area contributed by atoms with E-state index >= 15 is 0 Å². The fourth-order valence-electron chi connectivity index (χ4n) is 2.31. The summed E-state index contributed by atoms with van der Waals surface area (Å²) < 4.78 is 15.9. The van der Waals surface area contributed by atoms with Crippen molar-refractivity contribution in [2.45, 2.75) is 0 Å². The van der Waals surface area contributed by atoms with Crippen LogP contribution < -0.4 is 10.4 Å². The van der Waals surface area contributed by atoms with E-state index in [1.807, 2.05) is 0 Å². The van der Waals surface area contributed by atoms with E-state index in [4.69, 9.17) is 13.9 Å². The van der Waals surface area contributed by atoms with Crippen LogP contribution in [-0.4, -0.2) is 49.5 Å². The maximum absolute atomic E-state index is 11.1. The van der Waals surface area contributed by atoms with E-state index in [-0.39, 0.29) is 5.75 Å². The fraction of sp³-hybridized carbons (Fsp3) is 0.400. The Morgan fingerprint density at radius 1 is 1.24 bits per heavy atom. The number of ether oxygens (including phenoxy) is 2. The van der Waals surface area contributed by atoms with Crippen LogP contribution in [0.15, 0.2) is 33.5 Å². The Bertz CT molecular complexity index is 675. The van der Waals surface area contributed by atoms with E-state index in [1.54, 1.807) is 12.1 Å². The first-order valence-corrected chi connectivity index (χ1v) is 6.92. The van der Waals surface area contributed by atoms with Crippen LogP contribution in [0.25, 0.3) is 11.0 Å². The van der Waals surface area contributed by atoms with Gasteiger partial charge in [0, 0.05) is 37.2 Å². The zero-order chi connectivity index (χ0) is 14.7. The zero-order valence-electron chi connectivity index (χ0n) is 11.6. The van der Waals surface area contributed by atoms with Crippen molar-refractivity contribution in [3.05, 3.63) is 34.7 Å². The van der Waals surface area contributed by atoms with Crippen molar-refractivity contribution in [3.8, 4) is 11.5 Å². The van der Waals surface area contributed by atoms with Crippen molar-refractivity contribution in [1.29, 1.82) is 0 Å². The second kappa shape index (κ2) is 6.15. The molecule has 6 nitrogen and oxygen atoms in total. The van der Waals surface area contributed by atoms with Crippen LogP contribution in [0.2, 0.25) is 0 Å². The first-order chi connectivity index (χ1) is 10.2. The van der Waals surface area contributed by atoms with Gasteiger partial charge in [0.2, 0.25) is 0 Å². The normalized spacial score (nSPS) is 16.2. The topological polar surface area (TPSA) is 72.1 Å². The second-order valence-corrected chi connectivity index (χ2v) is 4.91. The molecule has 0 aliphatic carbocycles. The zero-order valence-corrected chi connectivity index (χ0v) is 11.6. The van der Waals surface area contributed by atoms with Gasteiger partial charge < -0.3 is 19.0 Å². The Labute approximate surface area is 121 Å². The van der Waals surface area contributed by atoms with E-state index in [9.17, 15) is 9.90 Å². The molecule has 0 atom stereocenters. The molecule has 1 saturated heterocycles. The number of aromatic hydroxyl groups is 1. The molecule has 2 heterocycles. The summed E-state index contributed by atoms with van der Waals surface area (Å²) in [6.07, 6.45) is 0. The molecule has 1 fully saturated rings. The Hall–Kier alpha value is -2.05. The molecule has 1 N–H and O–H groups in total. The Balaban J connectivity index is 1.67. The predicted octanol–water partition coefficient (Wildman–Crippen LogP) is 1.21. The molecule has 3 rings (SSSR count). The molecule has 0 unspecified atom stereocenters. The van der Waals surface area contributed by atoms with E-state index in [0.29, 0.717) is 23.3 Å². The van der Waals surface area contributed by atoms with E-state index in [0.717, 1.165) is 32.8 Å². The van der Waals surface area contributed by atoms with Crippen molar-refractivity contribution in [2.75, 3.05) is 39.5 Å². The highest BCUT2D eigenvalue weighted by atomic mass is 16.5. The summed E-state index contributed by atoms with van der Waals surface area (Å²) in [5, 5.41) is 10.6. The minimum Gasteiger partial charge on any atom is -0.504 e. The molecule has 1 aliphatic rings. The van der Waals surface area contributed by atoms with Gasteiger partial charge in [-0.25, -0.2) is 4.79 Å². The Morgan fingerprint density at radius 2 is 2.05 bits per heavy atom. The van der Waals surface area contributed by atoms with Crippen molar-refractivity contribution in [2.24, 2.45) is 0 Å². The molecule has 0 saturated carbocycles. The third-order valence-corrected chi connectivity index (χ3v) is 3.47. The molecule has 2 aromatic rings. The molecule has 0 amide bonds. The predicted molar refractivity (Wildman–Crippen MR) is 76.9 cm³/mol. The standard InChI is InChI=1S/C15H17NO5/c17-12-10-13-11(1-2-15(18)21-13)9-14(12)20-8-5-16-3-6-19-7-4-16/h1-2,9-10,17H,3-8H2. The highest BCUT2D eigenvalue weighted by Crippen LogP contribution is 2.30. The fourth-order valence-corrected chi connectivity index (χ4v) is 2.31. The molecule has 21 heavy (non-hydrogen) atoms. The lowest BCUT2D eigenvalue weighted by Gasteiger charge is -2.26. The second-order valence-electron chi connectivity index (χ2n) is 4.91. The number of nitrogens with zero attached hydrogens (tertiary/aromatic N) is 1. The van der Waals surface area contributed by atoms with Crippen LogP contribution in [0.1, 0.15) is 0 Å². The van der Waals surface area contributed by atoms with Crippen LogP contribution >= 0.6 is 0 Å². The van der Waals surface area contributed by atoms with Crippen molar-refractivity contribution in [1.82, 2.24) is 4.90 Å². The lowest BCUT2D eigenvalue weighted by Crippen LogP contribution is -2.38. The maximum Gasteiger partial charge on any atom is 0.336 e. The average molecular weight is 291 g/mol. The Kier molecular flexibility index (Phi) is 4.08. The highest BCUT2D eigenvalue weighted by molar-refractivity contribution is 5.80. The smallest absolute Gasteiger partial charge is 0.336 e. The largest absolute Gasteiger partial charge is 0.504 e. The van der Waals surface area contributed by atoms with Gasteiger partial charge in [-0.3, -0.25) is 4.90 Å². The van der Waals surface area contributed by atoms with Crippen LogP contribution in [-0.2, 0) is 4.74 Å². The monoisotopic (exact) mass is 291 g/mol. The molecular weight excluding hydrogens is 274 g/mol. The minimum absolute atomic E-state index is 0.0289. The molecule has 0 spiro atoms. The van der Waals surface area contributed by atoms with Gasteiger partial charge in [0.15, 0.2) is 11.5 Å². The Morgan fingerprint density at radius 3 is 2.86 bits per heavy atom. The summed E-state index contributed by atoms with van der Waals surface area (Å²) in [5.41, 5.74) is -0.0941. The van der Waals surface area contributed by atoms with Gasteiger partial charge in [-0.1, -0.05) is 0 Å². The minimum atomic E-state index is -0.442. The lowest BCUT2D eigenvalue weighted by atomic mass is 10.2. The van der Waals surface area contributed by atoms with Crippen LogP contribution in [0.3, 0.4) is 0 Å². The van der Waals surface area contributed by atoms with Crippen molar-refractivity contribution in [3.63, 3.8) is 0 Å². The SMILES string of the molecule is O=c1ccc2cc(OCCN3CCOCC3)c(O)cc2o1. The van der Waals surface area contributed by atoms with E-state index < -0.39 is 5.63 Å². The first-order valence-electron chi connectivity index (χ1n) is 6.92. The molecule has 6 heteroatoms. The summed E-state index contributed by atoms with van der Waals surface area (Å²) in [6, 6.07) is 6.07. The number of rotatable bonds is 4. The van der Waals surface area contributed by atoms with Gasteiger partial charge in [0.25, 0.3) is 0 Å². The molecular formula is C15H17NO5. The third-order valence-electron chi connectivity index (χ3n) is 3.47. The van der Waals surface area contributed by atoms with Crippen LogP contribution in [0.5, 0.6) is 11.5 Å². The van der Waals surface area contributed by atoms with Crippen LogP contribution in [0, 0.1) is 0 Å². The van der Waals surface area contributed by atoms with Crippen molar-refractivity contribution >= 4 is 11.0 Å². The molecule has 1 aromatic heterocycles. The van der Waals surface area contributed by atoms with Gasteiger partial charge in [-0.2, -0.15) is 0 Å². The van der Waals surface area contributed by atoms with Gasteiger partial charge in [-0.15, -0.1) is 0 Å². The quantitative estimate of drug-likeness (QED) is 0.854. The van der Waals surface area contributed by atoms with Crippen molar-refractivity contribution < 1.29 is 19.0 Å². The number of benzene rings is 1. The van der Waals surface area contributed by atoms with E-state index in [2.05, 4.69) is 4.90 Å². The average Bonchev–Trinajstić information content (AvgIpc) is 2.49. The number of morpholine rings is 1. The molecule has 0 bridgehead atoms. The number of hydrogen-bond acceptors (Lipinski definition) is 6. The van der Waals surface area contributed by atoms with Gasteiger partial charge in [0.1, 0.15) is 12.2 Å². The van der Waals surface area contributed by atoms with Gasteiger partial charge >= 0.3 is 5.63 Å². The number of phenols is 1. The molecule has 1 aromatic carbocycles.